The van der Waals surface area contributed by atoms with Crippen LogP contribution in [0.5, 0.6) is 0 Å². The molecule has 1 amide bonds. The monoisotopic (exact) mass is 354 g/mol. The van der Waals surface area contributed by atoms with E-state index in [9.17, 15) is 4.79 Å². The molecule has 3 aromatic carbocycles. The summed E-state index contributed by atoms with van der Waals surface area (Å²) in [6.45, 7) is 1.91. The molecule has 0 N–H and O–H groups in total. The summed E-state index contributed by atoms with van der Waals surface area (Å²) >= 11 is 0. The van der Waals surface area contributed by atoms with Gasteiger partial charge in [0.1, 0.15) is 0 Å². The molecule has 4 rings (SSSR count). The lowest BCUT2D eigenvalue weighted by Gasteiger charge is -2.31. The molecule has 3 heteroatoms. The van der Waals surface area contributed by atoms with Crippen LogP contribution in [0.3, 0.4) is 0 Å². The Hall–Kier alpha value is -3.20. The van der Waals surface area contributed by atoms with Crippen LogP contribution in [0.1, 0.15) is 36.9 Å². The maximum absolute atomic E-state index is 13.0. The van der Waals surface area contributed by atoms with Gasteiger partial charge in [-0.2, -0.15) is 0 Å². The van der Waals surface area contributed by atoms with Crippen molar-refractivity contribution in [1.29, 1.82) is 0 Å². The lowest BCUT2D eigenvalue weighted by Crippen LogP contribution is -2.35. The second-order valence-electron chi connectivity index (χ2n) is 6.66. The fraction of sp³-hybridized carbons (Fsp3) is 0.167. The van der Waals surface area contributed by atoms with E-state index in [-0.39, 0.29) is 11.9 Å². The summed E-state index contributed by atoms with van der Waals surface area (Å²) in [7, 11) is 0. The van der Waals surface area contributed by atoms with Crippen molar-refractivity contribution < 1.29 is 4.79 Å². The third-order valence-electron chi connectivity index (χ3n) is 4.96. The molecule has 27 heavy (non-hydrogen) atoms. The molecule has 1 aliphatic heterocycles. The van der Waals surface area contributed by atoms with Gasteiger partial charge in [-0.15, -0.1) is 0 Å². The number of amides is 1. The second-order valence-corrected chi connectivity index (χ2v) is 6.66. The Balaban J connectivity index is 1.91. The van der Waals surface area contributed by atoms with E-state index in [0.29, 0.717) is 12.8 Å². The van der Waals surface area contributed by atoms with Gasteiger partial charge in [-0.25, -0.2) is 0 Å². The van der Waals surface area contributed by atoms with Crippen LogP contribution in [0.4, 0.5) is 11.4 Å². The number of para-hydroxylation sites is 2. The van der Waals surface area contributed by atoms with E-state index >= 15 is 0 Å². The summed E-state index contributed by atoms with van der Waals surface area (Å²) in [4.78, 5) is 19.9. The van der Waals surface area contributed by atoms with E-state index in [1.54, 1.807) is 0 Å². The molecule has 1 heterocycles. The maximum atomic E-state index is 13.0. The van der Waals surface area contributed by atoms with Gasteiger partial charge in [-0.05, 0) is 23.3 Å². The van der Waals surface area contributed by atoms with E-state index in [1.807, 2.05) is 72.5 Å². The first-order valence-corrected chi connectivity index (χ1v) is 9.37. The Morgan fingerprint density at radius 3 is 2.26 bits per heavy atom. The first-order chi connectivity index (χ1) is 13.3. The highest BCUT2D eigenvalue weighted by atomic mass is 16.2. The van der Waals surface area contributed by atoms with Crippen molar-refractivity contribution in [3.63, 3.8) is 0 Å². The molecule has 0 radical (unpaired) electrons. The average molecular weight is 354 g/mol. The Kier molecular flexibility index (Phi) is 4.84. The molecule has 0 aromatic heterocycles. The van der Waals surface area contributed by atoms with Gasteiger partial charge in [0.05, 0.1) is 23.1 Å². The number of rotatable bonds is 3. The third kappa shape index (κ3) is 3.41. The first kappa shape index (κ1) is 17.2. The van der Waals surface area contributed by atoms with E-state index in [0.717, 1.165) is 28.2 Å². The molecule has 134 valence electrons. The van der Waals surface area contributed by atoms with Gasteiger partial charge in [0.15, 0.2) is 0 Å². The molecule has 0 saturated carbocycles. The number of carbonyl (C=O) groups is 1. The van der Waals surface area contributed by atoms with Crippen molar-refractivity contribution in [2.24, 2.45) is 4.99 Å². The van der Waals surface area contributed by atoms with Crippen molar-refractivity contribution in [3.05, 3.63) is 96.1 Å². The van der Waals surface area contributed by atoms with Crippen molar-refractivity contribution in [2.45, 2.75) is 25.8 Å². The van der Waals surface area contributed by atoms with Gasteiger partial charge < -0.3 is 4.90 Å². The standard InChI is InChI=1S/C24H22N2O/c1-2-24(27)26-22-16-10-9-15-20(22)25-21(18-11-5-3-6-12-18)17-23(26)19-13-7-4-8-14-19/h3-16,23H,2,17H2,1H3. The van der Waals surface area contributed by atoms with Gasteiger partial charge >= 0.3 is 0 Å². The van der Waals surface area contributed by atoms with Gasteiger partial charge in [0, 0.05) is 12.8 Å². The first-order valence-electron chi connectivity index (χ1n) is 9.37. The molecule has 0 spiro atoms. The molecule has 1 unspecified atom stereocenters. The van der Waals surface area contributed by atoms with Crippen LogP contribution < -0.4 is 4.90 Å². The molecule has 3 nitrogen and oxygen atoms in total. The minimum atomic E-state index is -0.0822. The Bertz CT molecular complexity index is 964. The van der Waals surface area contributed by atoms with Crippen molar-refractivity contribution in [2.75, 3.05) is 4.90 Å². The van der Waals surface area contributed by atoms with Crippen molar-refractivity contribution >= 4 is 23.0 Å². The zero-order valence-electron chi connectivity index (χ0n) is 15.4. The van der Waals surface area contributed by atoms with Crippen LogP contribution in [0.2, 0.25) is 0 Å². The summed E-state index contributed by atoms with van der Waals surface area (Å²) in [5.74, 6) is 0.112. The number of nitrogens with zero attached hydrogens (tertiary/aromatic N) is 2. The highest BCUT2D eigenvalue weighted by Gasteiger charge is 2.31. The van der Waals surface area contributed by atoms with E-state index in [1.165, 1.54) is 0 Å². The van der Waals surface area contributed by atoms with Crippen molar-refractivity contribution in [3.8, 4) is 0 Å². The number of anilines is 1. The third-order valence-corrected chi connectivity index (χ3v) is 4.96. The number of carbonyl (C=O) groups excluding carboxylic acids is 1. The molecule has 0 saturated heterocycles. The highest BCUT2D eigenvalue weighted by molar-refractivity contribution is 6.07. The zero-order chi connectivity index (χ0) is 18.6. The quantitative estimate of drug-likeness (QED) is 0.594. The molecular weight excluding hydrogens is 332 g/mol. The molecular formula is C24H22N2O. The summed E-state index contributed by atoms with van der Waals surface area (Å²) < 4.78 is 0. The van der Waals surface area contributed by atoms with E-state index in [4.69, 9.17) is 4.99 Å². The minimum absolute atomic E-state index is 0.0822. The van der Waals surface area contributed by atoms with Crippen LogP contribution in [-0.2, 0) is 4.79 Å². The van der Waals surface area contributed by atoms with Crippen LogP contribution in [0.25, 0.3) is 0 Å². The predicted molar refractivity (Wildman–Crippen MR) is 111 cm³/mol. The predicted octanol–water partition coefficient (Wildman–Crippen LogP) is 5.70. The fourth-order valence-corrected chi connectivity index (χ4v) is 3.63. The number of fused-ring (bicyclic) bond motifs is 1. The second kappa shape index (κ2) is 7.58. The summed E-state index contributed by atoms with van der Waals surface area (Å²) in [5, 5.41) is 0. The number of hydrogen-bond acceptors (Lipinski definition) is 2. The number of aliphatic imine (C=N–C) groups is 1. The fourth-order valence-electron chi connectivity index (χ4n) is 3.63. The Morgan fingerprint density at radius 1 is 0.926 bits per heavy atom. The highest BCUT2D eigenvalue weighted by Crippen LogP contribution is 2.40. The lowest BCUT2D eigenvalue weighted by molar-refractivity contribution is -0.118. The van der Waals surface area contributed by atoms with Crippen LogP contribution >= 0.6 is 0 Å². The number of benzene rings is 3. The molecule has 1 aliphatic rings. The Morgan fingerprint density at radius 2 is 1.56 bits per heavy atom. The molecule has 1 atom stereocenters. The van der Waals surface area contributed by atoms with Crippen molar-refractivity contribution in [1.82, 2.24) is 0 Å². The normalized spacial score (nSPS) is 16.3. The zero-order valence-corrected chi connectivity index (χ0v) is 15.4. The van der Waals surface area contributed by atoms with Gasteiger partial charge in [-0.3, -0.25) is 9.79 Å². The largest absolute Gasteiger partial charge is 0.302 e. The molecule has 0 bridgehead atoms. The minimum Gasteiger partial charge on any atom is -0.302 e. The number of hydrogen-bond donors (Lipinski definition) is 0. The van der Waals surface area contributed by atoms with Gasteiger partial charge in [0.2, 0.25) is 5.91 Å². The smallest absolute Gasteiger partial charge is 0.227 e. The summed E-state index contributed by atoms with van der Waals surface area (Å²) in [5.41, 5.74) is 4.95. The van der Waals surface area contributed by atoms with Gasteiger partial charge in [-0.1, -0.05) is 79.7 Å². The Labute approximate surface area is 160 Å². The topological polar surface area (TPSA) is 32.7 Å². The van der Waals surface area contributed by atoms with Crippen LogP contribution in [0.15, 0.2) is 89.9 Å². The van der Waals surface area contributed by atoms with Gasteiger partial charge in [0.25, 0.3) is 0 Å². The van der Waals surface area contributed by atoms with Crippen LogP contribution in [0, 0.1) is 0 Å². The lowest BCUT2D eigenvalue weighted by atomic mass is 9.95. The van der Waals surface area contributed by atoms with E-state index in [2.05, 4.69) is 24.3 Å². The molecule has 3 aromatic rings. The molecule has 0 fully saturated rings. The SMILES string of the molecule is CCC(=O)N1c2ccccc2N=C(c2ccccc2)CC1c1ccccc1. The average Bonchev–Trinajstić information content (AvgIpc) is 2.91. The van der Waals surface area contributed by atoms with E-state index < -0.39 is 0 Å². The summed E-state index contributed by atoms with van der Waals surface area (Å²) in [6.07, 6.45) is 1.13. The molecule has 0 aliphatic carbocycles. The summed E-state index contributed by atoms with van der Waals surface area (Å²) in [6, 6.07) is 28.3. The van der Waals surface area contributed by atoms with Crippen LogP contribution in [-0.4, -0.2) is 11.6 Å². The maximum Gasteiger partial charge on any atom is 0.227 e.